The first-order valence-corrected chi connectivity index (χ1v) is 8.53. The molecule has 1 aliphatic carbocycles. The standard InChI is InChI=1S/C14H18N2O6S/c1-8-6-7-15-13(16-8)12(23(19,20)21)14(3)10(18)4-5-11(14)22-9(2)17/h6-7,11-12H,4-5H2,1-3H3,(H,19,20,21). The van der Waals surface area contributed by atoms with Crippen LogP contribution >= 0.6 is 0 Å². The zero-order valence-electron chi connectivity index (χ0n) is 13.0. The van der Waals surface area contributed by atoms with E-state index >= 15 is 0 Å². The Morgan fingerprint density at radius 3 is 2.70 bits per heavy atom. The van der Waals surface area contributed by atoms with Crippen LogP contribution in [0.3, 0.4) is 0 Å². The van der Waals surface area contributed by atoms with Gasteiger partial charge < -0.3 is 4.74 Å². The summed E-state index contributed by atoms with van der Waals surface area (Å²) in [5.41, 5.74) is -1.16. The molecule has 3 unspecified atom stereocenters. The SMILES string of the molecule is CC(=O)OC1CCC(=O)C1(C)C(c1nccc(C)n1)S(=O)(=O)O. The normalized spacial score (nSPS) is 26.1. The molecule has 0 saturated heterocycles. The van der Waals surface area contributed by atoms with Crippen LogP contribution in [-0.2, 0) is 24.4 Å². The summed E-state index contributed by atoms with van der Waals surface area (Å²) in [6.07, 6.45) is 0.613. The maximum atomic E-state index is 12.4. The van der Waals surface area contributed by atoms with Crippen molar-refractivity contribution in [1.82, 2.24) is 9.97 Å². The van der Waals surface area contributed by atoms with Crippen LogP contribution in [-0.4, -0.2) is 40.8 Å². The Hall–Kier alpha value is -1.87. The minimum atomic E-state index is -4.72. The highest BCUT2D eigenvalue weighted by atomic mass is 32.2. The molecule has 0 spiro atoms. The zero-order chi connectivity index (χ0) is 17.4. The van der Waals surface area contributed by atoms with Crippen molar-refractivity contribution in [2.45, 2.75) is 45.0 Å². The highest BCUT2D eigenvalue weighted by Crippen LogP contribution is 2.49. The third-order valence-corrected chi connectivity index (χ3v) is 5.40. The number of aryl methyl sites for hydroxylation is 1. The Kier molecular flexibility index (Phi) is 4.54. The third kappa shape index (κ3) is 3.25. The molecular formula is C14H18N2O6S. The van der Waals surface area contributed by atoms with Crippen LogP contribution in [0, 0.1) is 12.3 Å². The summed E-state index contributed by atoms with van der Waals surface area (Å²) >= 11 is 0. The van der Waals surface area contributed by atoms with E-state index in [0.29, 0.717) is 5.69 Å². The molecule has 0 aromatic carbocycles. The predicted octanol–water partition coefficient (Wildman–Crippen LogP) is 1.01. The first-order valence-electron chi connectivity index (χ1n) is 7.03. The molecule has 1 fully saturated rings. The van der Waals surface area contributed by atoms with Crippen molar-refractivity contribution < 1.29 is 27.3 Å². The van der Waals surface area contributed by atoms with E-state index in [1.165, 1.54) is 20.0 Å². The summed E-state index contributed by atoms with van der Waals surface area (Å²) in [6, 6.07) is 1.56. The molecule has 0 amide bonds. The van der Waals surface area contributed by atoms with Gasteiger partial charge in [0.15, 0.2) is 5.25 Å². The molecule has 1 aliphatic rings. The van der Waals surface area contributed by atoms with E-state index in [1.807, 2.05) is 0 Å². The largest absolute Gasteiger partial charge is 0.461 e. The van der Waals surface area contributed by atoms with Crippen LogP contribution in [0.1, 0.15) is 43.5 Å². The van der Waals surface area contributed by atoms with Crippen LogP contribution in [0.2, 0.25) is 0 Å². The van der Waals surface area contributed by atoms with Crippen molar-refractivity contribution in [2.75, 3.05) is 0 Å². The number of aromatic nitrogens is 2. The molecule has 1 aromatic heterocycles. The van der Waals surface area contributed by atoms with E-state index in [4.69, 9.17) is 4.74 Å². The molecule has 23 heavy (non-hydrogen) atoms. The first-order chi connectivity index (χ1) is 10.6. The second-order valence-electron chi connectivity index (χ2n) is 5.79. The van der Waals surface area contributed by atoms with Gasteiger partial charge in [0, 0.05) is 25.2 Å². The predicted molar refractivity (Wildman–Crippen MR) is 79.0 cm³/mol. The maximum Gasteiger partial charge on any atom is 0.302 e. The molecule has 1 saturated carbocycles. The van der Waals surface area contributed by atoms with Crippen LogP contribution in [0.4, 0.5) is 0 Å². The number of Topliss-reactive ketones (excluding diaryl/α,β-unsaturated/α-hetero) is 1. The molecule has 2 rings (SSSR count). The Bertz CT molecular complexity index is 747. The summed E-state index contributed by atoms with van der Waals surface area (Å²) in [6.45, 7) is 4.17. The lowest BCUT2D eigenvalue weighted by Gasteiger charge is -2.34. The summed E-state index contributed by atoms with van der Waals surface area (Å²) in [7, 11) is -4.72. The average Bonchev–Trinajstić information content (AvgIpc) is 2.65. The monoisotopic (exact) mass is 342 g/mol. The topological polar surface area (TPSA) is 124 Å². The molecule has 9 heteroatoms. The van der Waals surface area contributed by atoms with Crippen molar-refractivity contribution >= 4 is 21.9 Å². The number of carbonyl (C=O) groups is 2. The number of hydrogen-bond acceptors (Lipinski definition) is 7. The fourth-order valence-corrected chi connectivity index (χ4v) is 4.30. The van der Waals surface area contributed by atoms with Crippen LogP contribution < -0.4 is 0 Å². The highest BCUT2D eigenvalue weighted by Gasteiger charge is 2.59. The number of ketones is 1. The molecule has 3 atom stereocenters. The molecule has 1 heterocycles. The zero-order valence-corrected chi connectivity index (χ0v) is 13.8. The molecular weight excluding hydrogens is 324 g/mol. The molecule has 1 aromatic rings. The van der Waals surface area contributed by atoms with Crippen molar-refractivity contribution in [3.63, 3.8) is 0 Å². The van der Waals surface area contributed by atoms with Crippen LogP contribution in [0.5, 0.6) is 0 Å². The molecule has 1 N–H and O–H groups in total. The molecule has 0 bridgehead atoms. The molecule has 0 radical (unpaired) electrons. The summed E-state index contributed by atoms with van der Waals surface area (Å²) in [5.74, 6) is -1.24. The van der Waals surface area contributed by atoms with E-state index in [-0.39, 0.29) is 18.7 Å². The van der Waals surface area contributed by atoms with Gasteiger partial charge in [-0.1, -0.05) is 0 Å². The van der Waals surface area contributed by atoms with Crippen molar-refractivity contribution in [3.05, 3.63) is 23.8 Å². The van der Waals surface area contributed by atoms with Gasteiger partial charge in [-0.3, -0.25) is 14.1 Å². The lowest BCUT2D eigenvalue weighted by molar-refractivity contribution is -0.153. The van der Waals surface area contributed by atoms with Gasteiger partial charge in [-0.05, 0) is 26.3 Å². The Balaban J connectivity index is 2.62. The van der Waals surface area contributed by atoms with E-state index in [9.17, 15) is 22.6 Å². The highest BCUT2D eigenvalue weighted by molar-refractivity contribution is 7.86. The number of rotatable bonds is 4. The van der Waals surface area contributed by atoms with Crippen molar-refractivity contribution in [1.29, 1.82) is 0 Å². The van der Waals surface area contributed by atoms with Gasteiger partial charge in [-0.15, -0.1) is 0 Å². The maximum absolute atomic E-state index is 12.4. The average molecular weight is 342 g/mol. The minimum Gasteiger partial charge on any atom is -0.461 e. The third-order valence-electron chi connectivity index (χ3n) is 4.10. The van der Waals surface area contributed by atoms with Gasteiger partial charge in [0.2, 0.25) is 0 Å². The molecule has 126 valence electrons. The molecule has 8 nitrogen and oxygen atoms in total. The van der Waals surface area contributed by atoms with Crippen LogP contribution in [0.15, 0.2) is 12.3 Å². The number of hydrogen-bond donors (Lipinski definition) is 1. The van der Waals surface area contributed by atoms with Crippen LogP contribution in [0.25, 0.3) is 0 Å². The first kappa shape index (κ1) is 17.5. The van der Waals surface area contributed by atoms with Crippen molar-refractivity contribution in [2.24, 2.45) is 5.41 Å². The van der Waals surface area contributed by atoms with Gasteiger partial charge >= 0.3 is 5.97 Å². The minimum absolute atomic E-state index is 0.0479. The fourth-order valence-electron chi connectivity index (χ4n) is 3.01. The summed E-state index contributed by atoms with van der Waals surface area (Å²) in [4.78, 5) is 31.6. The van der Waals surface area contributed by atoms with Gasteiger partial charge in [-0.2, -0.15) is 8.42 Å². The van der Waals surface area contributed by atoms with E-state index in [2.05, 4.69) is 9.97 Å². The quantitative estimate of drug-likeness (QED) is 0.635. The molecule has 0 aliphatic heterocycles. The van der Waals surface area contributed by atoms with Gasteiger partial charge in [0.1, 0.15) is 17.7 Å². The van der Waals surface area contributed by atoms with E-state index in [1.54, 1.807) is 13.0 Å². The number of esters is 1. The van der Waals surface area contributed by atoms with Gasteiger partial charge in [0.05, 0.1) is 5.41 Å². The fraction of sp³-hybridized carbons (Fsp3) is 0.571. The summed E-state index contributed by atoms with van der Waals surface area (Å²) < 4.78 is 38.8. The Morgan fingerprint density at radius 1 is 1.52 bits per heavy atom. The smallest absolute Gasteiger partial charge is 0.302 e. The van der Waals surface area contributed by atoms with Crippen molar-refractivity contribution in [3.8, 4) is 0 Å². The number of nitrogens with zero attached hydrogens (tertiary/aromatic N) is 2. The number of ether oxygens (including phenoxy) is 1. The Labute approximate surface area is 134 Å². The van der Waals surface area contributed by atoms with Gasteiger partial charge in [-0.25, -0.2) is 9.97 Å². The lowest BCUT2D eigenvalue weighted by atomic mass is 9.81. The second-order valence-corrected chi connectivity index (χ2v) is 7.30. The number of carbonyl (C=O) groups excluding carboxylic acids is 2. The Morgan fingerprint density at radius 2 is 2.17 bits per heavy atom. The van der Waals surface area contributed by atoms with E-state index in [0.717, 1.165) is 0 Å². The van der Waals surface area contributed by atoms with Gasteiger partial charge in [0.25, 0.3) is 10.1 Å². The lowest BCUT2D eigenvalue weighted by Crippen LogP contribution is -2.44. The van der Waals surface area contributed by atoms with E-state index < -0.39 is 38.6 Å². The second kappa shape index (κ2) is 5.97. The summed E-state index contributed by atoms with van der Waals surface area (Å²) in [5, 5.41) is -1.70.